The van der Waals surface area contributed by atoms with Crippen molar-refractivity contribution >= 4 is 16.7 Å². The Balaban J connectivity index is 1.18. The second kappa shape index (κ2) is 8.71. The zero-order valence-corrected chi connectivity index (χ0v) is 19.2. The molecule has 0 radical (unpaired) electrons. The topological polar surface area (TPSA) is 69.8 Å². The number of aromatic nitrogens is 4. The number of H-pyrrole nitrogens is 2. The van der Waals surface area contributed by atoms with Gasteiger partial charge in [0.05, 0.1) is 12.8 Å². The van der Waals surface area contributed by atoms with Crippen LogP contribution in [-0.2, 0) is 0 Å². The summed E-state index contributed by atoms with van der Waals surface area (Å²) in [5.74, 6) is 1.39. The van der Waals surface area contributed by atoms with Gasteiger partial charge in [-0.05, 0) is 54.8 Å². The lowest BCUT2D eigenvalue weighted by atomic mass is 9.92. The molecule has 6 heteroatoms. The zero-order chi connectivity index (χ0) is 22.9. The van der Waals surface area contributed by atoms with Crippen LogP contribution in [0.1, 0.15) is 24.5 Å². The van der Waals surface area contributed by atoms with Gasteiger partial charge in [0.25, 0.3) is 0 Å². The fraction of sp³-hybridized carbons (Fsp3) is 0.214. The third-order valence-corrected chi connectivity index (χ3v) is 6.90. The van der Waals surface area contributed by atoms with Crippen LogP contribution in [0.5, 0.6) is 5.75 Å². The molecule has 0 amide bonds. The van der Waals surface area contributed by atoms with Gasteiger partial charge in [-0.25, -0.2) is 4.98 Å². The minimum Gasteiger partial charge on any atom is -0.496 e. The largest absolute Gasteiger partial charge is 0.496 e. The second-order valence-electron chi connectivity index (χ2n) is 8.82. The van der Waals surface area contributed by atoms with Gasteiger partial charge in [0.2, 0.25) is 0 Å². The van der Waals surface area contributed by atoms with Gasteiger partial charge >= 0.3 is 0 Å². The van der Waals surface area contributed by atoms with Crippen molar-refractivity contribution in [2.45, 2.75) is 18.8 Å². The van der Waals surface area contributed by atoms with Crippen LogP contribution in [0.3, 0.4) is 0 Å². The van der Waals surface area contributed by atoms with Gasteiger partial charge in [0, 0.05) is 59.3 Å². The van der Waals surface area contributed by atoms with Gasteiger partial charge in [0.15, 0.2) is 0 Å². The predicted octanol–water partition coefficient (Wildman–Crippen LogP) is 6.01. The van der Waals surface area contributed by atoms with Gasteiger partial charge in [-0.2, -0.15) is 5.10 Å². The van der Waals surface area contributed by atoms with Crippen molar-refractivity contribution in [3.63, 3.8) is 0 Å². The van der Waals surface area contributed by atoms with Crippen molar-refractivity contribution in [2.24, 2.45) is 0 Å². The van der Waals surface area contributed by atoms with Gasteiger partial charge < -0.3 is 14.6 Å². The highest BCUT2D eigenvalue weighted by Gasteiger charge is 2.23. The van der Waals surface area contributed by atoms with Crippen LogP contribution < -0.4 is 9.64 Å². The number of nitrogens with one attached hydrogen (secondary N) is 2. The summed E-state index contributed by atoms with van der Waals surface area (Å²) in [4.78, 5) is 10.1. The van der Waals surface area contributed by atoms with Crippen LogP contribution in [-0.4, -0.2) is 40.4 Å². The SMILES string of the molecule is COc1ccccc1-c1cccc(N2CCC(c3cc(-c4ccnc5[nH]ccc45)n[nH]3)CC2)c1. The first-order chi connectivity index (χ1) is 16.8. The maximum atomic E-state index is 5.57. The molecule has 0 saturated carbocycles. The minimum atomic E-state index is 0.485. The van der Waals surface area contributed by atoms with E-state index in [1.165, 1.54) is 16.9 Å². The summed E-state index contributed by atoms with van der Waals surface area (Å²) in [7, 11) is 1.73. The van der Waals surface area contributed by atoms with Crippen molar-refractivity contribution in [1.82, 2.24) is 20.2 Å². The molecule has 34 heavy (non-hydrogen) atoms. The molecule has 170 valence electrons. The molecule has 0 aliphatic carbocycles. The summed E-state index contributed by atoms with van der Waals surface area (Å²) in [6.07, 6.45) is 5.94. The molecule has 1 saturated heterocycles. The Morgan fingerprint density at radius 3 is 2.71 bits per heavy atom. The number of piperidine rings is 1. The lowest BCUT2D eigenvalue weighted by Crippen LogP contribution is -2.32. The number of ether oxygens (including phenoxy) is 1. The number of nitrogens with zero attached hydrogens (tertiary/aromatic N) is 3. The van der Waals surface area contributed by atoms with Crippen molar-refractivity contribution in [2.75, 3.05) is 25.1 Å². The average Bonchev–Trinajstić information content (AvgIpc) is 3.59. The quantitative estimate of drug-likeness (QED) is 0.345. The average molecular weight is 450 g/mol. The standard InChI is InChI=1S/C28H27N5O/c1-34-27-8-3-2-7-22(27)20-5-4-6-21(17-20)33-15-11-19(12-16-33)25-18-26(32-31-25)23-9-13-29-28-24(23)10-14-30-28/h2-10,13-14,17-19H,11-12,15-16H2,1H3,(H,29,30)(H,31,32). The molecule has 1 aliphatic rings. The van der Waals surface area contributed by atoms with E-state index < -0.39 is 0 Å². The fourth-order valence-electron chi connectivity index (χ4n) is 5.07. The summed E-state index contributed by atoms with van der Waals surface area (Å²) in [6, 6.07) is 23.3. The van der Waals surface area contributed by atoms with E-state index >= 15 is 0 Å². The van der Waals surface area contributed by atoms with Crippen molar-refractivity contribution in [3.8, 4) is 28.1 Å². The van der Waals surface area contributed by atoms with E-state index in [0.29, 0.717) is 5.92 Å². The van der Waals surface area contributed by atoms with E-state index in [4.69, 9.17) is 4.74 Å². The highest BCUT2D eigenvalue weighted by atomic mass is 16.5. The molecule has 0 unspecified atom stereocenters. The van der Waals surface area contributed by atoms with Crippen LogP contribution in [0.25, 0.3) is 33.4 Å². The second-order valence-corrected chi connectivity index (χ2v) is 8.82. The molecule has 6 rings (SSSR count). The highest BCUT2D eigenvalue weighted by Crippen LogP contribution is 2.35. The molecule has 6 nitrogen and oxygen atoms in total. The van der Waals surface area contributed by atoms with E-state index in [-0.39, 0.29) is 0 Å². The van der Waals surface area contributed by atoms with Crippen LogP contribution in [0.4, 0.5) is 5.69 Å². The molecule has 4 heterocycles. The van der Waals surface area contributed by atoms with Gasteiger partial charge in [-0.15, -0.1) is 0 Å². The Labute approximate surface area is 198 Å². The van der Waals surface area contributed by atoms with Crippen molar-refractivity contribution < 1.29 is 4.74 Å². The predicted molar refractivity (Wildman–Crippen MR) is 136 cm³/mol. The lowest BCUT2D eigenvalue weighted by molar-refractivity contribution is 0.416. The Kier molecular flexibility index (Phi) is 5.26. The van der Waals surface area contributed by atoms with Crippen LogP contribution in [0, 0.1) is 0 Å². The molecule has 0 bridgehead atoms. The first-order valence-corrected chi connectivity index (χ1v) is 11.8. The van der Waals surface area contributed by atoms with E-state index in [0.717, 1.165) is 59.5 Å². The van der Waals surface area contributed by atoms with Crippen LogP contribution >= 0.6 is 0 Å². The van der Waals surface area contributed by atoms with Crippen LogP contribution in [0.15, 0.2) is 79.1 Å². The van der Waals surface area contributed by atoms with E-state index in [9.17, 15) is 0 Å². The van der Waals surface area contributed by atoms with Crippen molar-refractivity contribution in [1.29, 1.82) is 0 Å². The Bertz CT molecular complexity index is 1430. The molecular weight excluding hydrogens is 422 g/mol. The third kappa shape index (κ3) is 3.71. The maximum absolute atomic E-state index is 5.57. The molecule has 0 spiro atoms. The Hall–Kier alpha value is -4.06. The highest BCUT2D eigenvalue weighted by molar-refractivity contribution is 5.91. The van der Waals surface area contributed by atoms with E-state index in [1.54, 1.807) is 7.11 Å². The summed E-state index contributed by atoms with van der Waals surface area (Å²) < 4.78 is 5.57. The number of rotatable bonds is 5. The molecule has 2 N–H and O–H groups in total. The summed E-state index contributed by atoms with van der Waals surface area (Å²) in [6.45, 7) is 2.04. The number of para-hydroxylation sites is 1. The van der Waals surface area contributed by atoms with Gasteiger partial charge in [-0.1, -0.05) is 30.3 Å². The van der Waals surface area contributed by atoms with Gasteiger partial charge in [-0.3, -0.25) is 5.10 Å². The normalized spacial score (nSPS) is 14.6. The number of anilines is 1. The van der Waals surface area contributed by atoms with Gasteiger partial charge in [0.1, 0.15) is 11.4 Å². The number of aromatic amines is 2. The number of fused-ring (bicyclic) bond motifs is 1. The summed E-state index contributed by atoms with van der Waals surface area (Å²) in [5, 5.41) is 9.06. The molecule has 1 fully saturated rings. The molecule has 3 aromatic heterocycles. The number of hydrogen-bond acceptors (Lipinski definition) is 4. The number of benzene rings is 2. The monoisotopic (exact) mass is 449 g/mol. The maximum Gasteiger partial charge on any atom is 0.137 e. The van der Waals surface area contributed by atoms with E-state index in [1.807, 2.05) is 30.6 Å². The number of hydrogen-bond donors (Lipinski definition) is 2. The minimum absolute atomic E-state index is 0.485. The molecule has 0 atom stereocenters. The molecule has 1 aliphatic heterocycles. The lowest BCUT2D eigenvalue weighted by Gasteiger charge is -2.33. The first-order valence-electron chi connectivity index (χ1n) is 11.8. The summed E-state index contributed by atoms with van der Waals surface area (Å²) in [5.41, 5.74) is 7.78. The van der Waals surface area contributed by atoms with Crippen molar-refractivity contribution in [3.05, 3.63) is 84.8 Å². The van der Waals surface area contributed by atoms with Crippen LogP contribution in [0.2, 0.25) is 0 Å². The smallest absolute Gasteiger partial charge is 0.137 e. The summed E-state index contributed by atoms with van der Waals surface area (Å²) >= 11 is 0. The first kappa shape index (κ1) is 20.5. The molecule has 5 aromatic rings. The third-order valence-electron chi connectivity index (χ3n) is 6.90. The Morgan fingerprint density at radius 2 is 1.82 bits per heavy atom. The molecule has 2 aromatic carbocycles. The fourth-order valence-corrected chi connectivity index (χ4v) is 5.07. The Morgan fingerprint density at radius 1 is 0.941 bits per heavy atom. The zero-order valence-electron chi connectivity index (χ0n) is 19.2. The molecular formula is C28H27N5O. The van der Waals surface area contributed by atoms with E-state index in [2.05, 4.69) is 73.6 Å². The number of pyridine rings is 1. The number of methoxy groups -OCH3 is 1.